The van der Waals surface area contributed by atoms with E-state index in [9.17, 15) is 12.8 Å². The van der Waals surface area contributed by atoms with E-state index in [1.54, 1.807) is 0 Å². The van der Waals surface area contributed by atoms with Crippen molar-refractivity contribution >= 4 is 10.0 Å². The Balaban J connectivity index is 3.05. The summed E-state index contributed by atoms with van der Waals surface area (Å²) in [6, 6.07) is 2.35. The third-order valence-electron chi connectivity index (χ3n) is 2.38. The molecule has 102 valence electrons. The maximum absolute atomic E-state index is 13.5. The average Bonchev–Trinajstić information content (AvgIpc) is 2.32. The van der Waals surface area contributed by atoms with Gasteiger partial charge in [0.05, 0.1) is 18.1 Å². The molecule has 0 aromatic heterocycles. The maximum atomic E-state index is 13.5. The van der Waals surface area contributed by atoms with Crippen LogP contribution in [-0.2, 0) is 21.4 Å². The molecule has 2 N–H and O–H groups in total. The first-order valence-electron chi connectivity index (χ1n) is 5.31. The lowest BCUT2D eigenvalue weighted by molar-refractivity contribution is 0.204. The minimum Gasteiger partial charge on any atom is -0.392 e. The number of aliphatic hydroxyl groups is 1. The van der Waals surface area contributed by atoms with Crippen molar-refractivity contribution in [3.63, 3.8) is 0 Å². The highest BCUT2D eigenvalue weighted by atomic mass is 32.2. The van der Waals surface area contributed by atoms with Gasteiger partial charge < -0.3 is 9.84 Å². The standard InChI is InChI=1S/C11H16FNO4S/c1-8-5-10(6-9(7-14)11(8)12)18(15,16)13-3-4-17-2/h5-6,13-14H,3-4,7H2,1-2H3. The van der Waals surface area contributed by atoms with E-state index in [1.807, 2.05) is 0 Å². The van der Waals surface area contributed by atoms with Gasteiger partial charge in [0.2, 0.25) is 10.0 Å². The van der Waals surface area contributed by atoms with Crippen molar-refractivity contribution in [1.29, 1.82) is 0 Å². The van der Waals surface area contributed by atoms with Gasteiger partial charge in [-0.3, -0.25) is 0 Å². The number of halogens is 1. The average molecular weight is 277 g/mol. The Kier molecular flexibility index (Phi) is 5.21. The van der Waals surface area contributed by atoms with Crippen LogP contribution in [0.15, 0.2) is 17.0 Å². The van der Waals surface area contributed by atoms with E-state index in [0.717, 1.165) is 6.07 Å². The Morgan fingerprint density at radius 1 is 1.44 bits per heavy atom. The smallest absolute Gasteiger partial charge is 0.240 e. The number of aliphatic hydroxyl groups excluding tert-OH is 1. The van der Waals surface area contributed by atoms with Crippen LogP contribution in [0.1, 0.15) is 11.1 Å². The Morgan fingerprint density at radius 2 is 2.11 bits per heavy atom. The van der Waals surface area contributed by atoms with Gasteiger partial charge in [-0.15, -0.1) is 0 Å². The summed E-state index contributed by atoms with van der Waals surface area (Å²) in [5.74, 6) is -0.589. The fourth-order valence-electron chi connectivity index (χ4n) is 1.44. The summed E-state index contributed by atoms with van der Waals surface area (Å²) in [7, 11) is -2.25. The van der Waals surface area contributed by atoms with Gasteiger partial charge in [-0.1, -0.05) is 0 Å². The highest BCUT2D eigenvalue weighted by molar-refractivity contribution is 7.89. The fraction of sp³-hybridized carbons (Fsp3) is 0.455. The summed E-state index contributed by atoms with van der Waals surface area (Å²) in [5.41, 5.74) is 0.135. The lowest BCUT2D eigenvalue weighted by Crippen LogP contribution is -2.27. The molecule has 1 rings (SSSR count). The number of hydrogen-bond donors (Lipinski definition) is 2. The van der Waals surface area contributed by atoms with E-state index >= 15 is 0 Å². The Bertz CT molecular complexity index is 516. The molecule has 0 spiro atoms. The van der Waals surface area contributed by atoms with Gasteiger partial charge in [-0.2, -0.15) is 0 Å². The van der Waals surface area contributed by atoms with Crippen LogP contribution in [-0.4, -0.2) is 33.8 Å². The molecule has 0 unspecified atom stereocenters. The van der Waals surface area contributed by atoms with Crippen LogP contribution in [0, 0.1) is 12.7 Å². The molecule has 0 heterocycles. The van der Waals surface area contributed by atoms with Crippen molar-refractivity contribution in [3.05, 3.63) is 29.1 Å². The molecule has 0 radical (unpaired) electrons. The van der Waals surface area contributed by atoms with Crippen LogP contribution < -0.4 is 4.72 Å². The van der Waals surface area contributed by atoms with Gasteiger partial charge in [0, 0.05) is 19.2 Å². The molecule has 0 atom stereocenters. The van der Waals surface area contributed by atoms with Crippen molar-refractivity contribution < 1.29 is 22.7 Å². The fourth-order valence-corrected chi connectivity index (χ4v) is 2.59. The number of rotatable bonds is 6. The largest absolute Gasteiger partial charge is 0.392 e. The number of ether oxygens (including phenoxy) is 1. The van der Waals surface area contributed by atoms with Gasteiger partial charge in [0.25, 0.3) is 0 Å². The lowest BCUT2D eigenvalue weighted by Gasteiger charge is -2.10. The quantitative estimate of drug-likeness (QED) is 0.745. The molecule has 1 aromatic carbocycles. The van der Waals surface area contributed by atoms with Crippen molar-refractivity contribution in [3.8, 4) is 0 Å². The van der Waals surface area contributed by atoms with Gasteiger partial charge in [-0.25, -0.2) is 17.5 Å². The normalized spacial score (nSPS) is 11.8. The van der Waals surface area contributed by atoms with E-state index in [4.69, 9.17) is 9.84 Å². The highest BCUT2D eigenvalue weighted by Crippen LogP contribution is 2.19. The third-order valence-corrected chi connectivity index (χ3v) is 3.82. The summed E-state index contributed by atoms with van der Waals surface area (Å²) in [4.78, 5) is -0.0680. The number of sulfonamides is 1. The van der Waals surface area contributed by atoms with Gasteiger partial charge in [0.15, 0.2) is 0 Å². The van der Waals surface area contributed by atoms with Crippen LogP contribution in [0.25, 0.3) is 0 Å². The topological polar surface area (TPSA) is 75.6 Å². The molecule has 18 heavy (non-hydrogen) atoms. The third kappa shape index (κ3) is 3.49. The maximum Gasteiger partial charge on any atom is 0.240 e. The van der Waals surface area contributed by atoms with E-state index < -0.39 is 22.4 Å². The molecule has 0 bridgehead atoms. The first-order chi connectivity index (χ1) is 8.42. The van der Waals surface area contributed by atoms with Gasteiger partial charge in [0.1, 0.15) is 5.82 Å². The number of benzene rings is 1. The molecule has 7 heteroatoms. The first-order valence-corrected chi connectivity index (χ1v) is 6.79. The molecule has 0 saturated carbocycles. The number of aryl methyl sites for hydroxylation is 1. The zero-order valence-electron chi connectivity index (χ0n) is 10.2. The molecule has 1 aromatic rings. The lowest BCUT2D eigenvalue weighted by atomic mass is 10.1. The Labute approximate surface area is 106 Å². The zero-order chi connectivity index (χ0) is 13.8. The second-order valence-electron chi connectivity index (χ2n) is 3.76. The van der Waals surface area contributed by atoms with Crippen LogP contribution in [0.2, 0.25) is 0 Å². The van der Waals surface area contributed by atoms with Gasteiger partial charge >= 0.3 is 0 Å². The van der Waals surface area contributed by atoms with E-state index in [1.165, 1.54) is 20.1 Å². The predicted octanol–water partition coefficient (Wildman–Crippen LogP) is 0.551. The predicted molar refractivity (Wildman–Crippen MR) is 64.1 cm³/mol. The van der Waals surface area contributed by atoms with E-state index in [0.29, 0.717) is 0 Å². The monoisotopic (exact) mass is 277 g/mol. The molecule has 0 saturated heterocycles. The molecule has 0 fully saturated rings. The van der Waals surface area contributed by atoms with Crippen molar-refractivity contribution in [2.75, 3.05) is 20.3 Å². The number of nitrogens with one attached hydrogen (secondary N) is 1. The molecular weight excluding hydrogens is 261 g/mol. The Morgan fingerprint density at radius 3 is 2.67 bits per heavy atom. The summed E-state index contributed by atoms with van der Waals surface area (Å²) >= 11 is 0. The minimum absolute atomic E-state index is 0.0397. The van der Waals surface area contributed by atoms with Crippen LogP contribution in [0.5, 0.6) is 0 Å². The molecular formula is C11H16FNO4S. The summed E-state index contributed by atoms with van der Waals surface area (Å²) < 4.78 is 44.3. The van der Waals surface area contributed by atoms with Crippen LogP contribution in [0.4, 0.5) is 4.39 Å². The molecule has 0 aliphatic carbocycles. The van der Waals surface area contributed by atoms with Gasteiger partial charge in [-0.05, 0) is 24.6 Å². The van der Waals surface area contributed by atoms with Crippen molar-refractivity contribution in [1.82, 2.24) is 4.72 Å². The SMILES string of the molecule is COCCNS(=O)(=O)c1cc(C)c(F)c(CO)c1. The summed E-state index contributed by atoms with van der Waals surface area (Å²) in [5, 5.41) is 8.97. The minimum atomic E-state index is -3.71. The van der Waals surface area contributed by atoms with Crippen LogP contribution >= 0.6 is 0 Å². The Hall–Kier alpha value is -1.02. The number of methoxy groups -OCH3 is 1. The second kappa shape index (κ2) is 6.24. The molecule has 0 aliphatic heterocycles. The number of hydrogen-bond acceptors (Lipinski definition) is 4. The van der Waals surface area contributed by atoms with E-state index in [-0.39, 0.29) is 29.2 Å². The second-order valence-corrected chi connectivity index (χ2v) is 5.53. The molecule has 0 aliphatic rings. The highest BCUT2D eigenvalue weighted by Gasteiger charge is 2.17. The van der Waals surface area contributed by atoms with Crippen LogP contribution in [0.3, 0.4) is 0 Å². The molecule has 5 nitrogen and oxygen atoms in total. The van der Waals surface area contributed by atoms with E-state index in [2.05, 4.69) is 4.72 Å². The van der Waals surface area contributed by atoms with Crippen molar-refractivity contribution in [2.45, 2.75) is 18.4 Å². The summed E-state index contributed by atoms with van der Waals surface area (Å²) in [6.07, 6.45) is 0. The molecule has 0 amide bonds. The summed E-state index contributed by atoms with van der Waals surface area (Å²) in [6.45, 7) is 1.27. The zero-order valence-corrected chi connectivity index (χ0v) is 11.1. The van der Waals surface area contributed by atoms with Crippen molar-refractivity contribution in [2.24, 2.45) is 0 Å². The first kappa shape index (κ1) is 15.0.